The molecule has 0 saturated heterocycles. The lowest BCUT2D eigenvalue weighted by Crippen LogP contribution is -2.25. The van der Waals surface area contributed by atoms with Gasteiger partial charge in [0.05, 0.1) is 11.3 Å². The average molecular weight is 529 g/mol. The van der Waals surface area contributed by atoms with Gasteiger partial charge < -0.3 is 4.42 Å². The van der Waals surface area contributed by atoms with Crippen LogP contribution in [-0.2, 0) is 15.0 Å². The van der Waals surface area contributed by atoms with E-state index in [0.717, 1.165) is 28.2 Å². The van der Waals surface area contributed by atoms with E-state index in [1.807, 2.05) is 24.0 Å². The normalized spacial score (nSPS) is 18.2. The molecule has 0 radical (unpaired) electrons. The van der Waals surface area contributed by atoms with Crippen molar-refractivity contribution in [1.29, 1.82) is 0 Å². The molecule has 5 heteroatoms. The minimum atomic E-state index is -0.524. The standard InChI is InChI=1S/C35H32N2O3/c1-9-28-33-30(19-27(40-33)18-29-31(38)22(4)23(5)32(29)39)35(7,8)34(28)36-24(6)37(25-14-10-20(2)11-15-25)26-16-12-21(3)13-17-26/h9-19H,4-6H2,1-3,7-8H3/b28-9-,36-34?. The molecular weight excluding hydrogens is 496 g/mol. The highest BCUT2D eigenvalue weighted by atomic mass is 16.3. The van der Waals surface area contributed by atoms with E-state index in [1.165, 1.54) is 17.2 Å². The van der Waals surface area contributed by atoms with Gasteiger partial charge in [0, 0.05) is 39.1 Å². The molecule has 0 aliphatic heterocycles. The second-order valence-corrected chi connectivity index (χ2v) is 10.8. The highest BCUT2D eigenvalue weighted by Crippen LogP contribution is 2.46. The van der Waals surface area contributed by atoms with Gasteiger partial charge in [0.2, 0.25) is 0 Å². The summed E-state index contributed by atoms with van der Waals surface area (Å²) < 4.78 is 6.23. The molecule has 0 N–H and O–H groups in total. The summed E-state index contributed by atoms with van der Waals surface area (Å²) >= 11 is 0. The van der Waals surface area contributed by atoms with Crippen molar-refractivity contribution in [1.82, 2.24) is 0 Å². The van der Waals surface area contributed by atoms with Crippen molar-refractivity contribution in [2.24, 2.45) is 4.99 Å². The van der Waals surface area contributed by atoms with Crippen molar-refractivity contribution in [2.75, 3.05) is 4.90 Å². The van der Waals surface area contributed by atoms with Crippen molar-refractivity contribution >= 4 is 40.3 Å². The molecule has 5 rings (SSSR count). The van der Waals surface area contributed by atoms with Gasteiger partial charge in [0.15, 0.2) is 11.6 Å². The number of benzene rings is 2. The maximum atomic E-state index is 12.5. The van der Waals surface area contributed by atoms with Crippen LogP contribution in [-0.4, -0.2) is 17.3 Å². The van der Waals surface area contributed by atoms with Gasteiger partial charge in [-0.3, -0.25) is 14.5 Å². The van der Waals surface area contributed by atoms with E-state index in [1.54, 1.807) is 0 Å². The van der Waals surface area contributed by atoms with E-state index in [0.29, 0.717) is 17.3 Å². The van der Waals surface area contributed by atoms with Crippen molar-refractivity contribution < 1.29 is 14.0 Å². The highest BCUT2D eigenvalue weighted by Gasteiger charge is 2.43. The summed E-state index contributed by atoms with van der Waals surface area (Å²) in [4.78, 5) is 32.2. The van der Waals surface area contributed by atoms with Crippen LogP contribution < -0.4 is 4.90 Å². The molecule has 0 amide bonds. The Morgan fingerprint density at radius 1 is 0.875 bits per heavy atom. The fourth-order valence-electron chi connectivity index (χ4n) is 5.17. The fraction of sp³-hybridized carbons (Fsp3) is 0.171. The van der Waals surface area contributed by atoms with Crippen molar-refractivity contribution in [3.8, 4) is 0 Å². The van der Waals surface area contributed by atoms with Gasteiger partial charge in [-0.05, 0) is 71.0 Å². The molecule has 0 spiro atoms. The van der Waals surface area contributed by atoms with E-state index >= 15 is 0 Å². The van der Waals surface area contributed by atoms with Crippen LogP contribution in [0, 0.1) is 13.8 Å². The molecule has 5 nitrogen and oxygen atoms in total. The zero-order valence-corrected chi connectivity index (χ0v) is 23.6. The van der Waals surface area contributed by atoms with Gasteiger partial charge in [-0.15, -0.1) is 0 Å². The molecule has 2 aliphatic rings. The summed E-state index contributed by atoms with van der Waals surface area (Å²) in [5.41, 5.74) is 6.61. The molecule has 1 saturated carbocycles. The van der Waals surface area contributed by atoms with Crippen molar-refractivity contribution in [3.63, 3.8) is 0 Å². The number of nitrogens with zero attached hydrogens (tertiary/aromatic N) is 2. The quantitative estimate of drug-likeness (QED) is 0.249. The first-order chi connectivity index (χ1) is 18.9. The van der Waals surface area contributed by atoms with Crippen LogP contribution >= 0.6 is 0 Å². The predicted octanol–water partition coefficient (Wildman–Crippen LogP) is 7.99. The zero-order chi connectivity index (χ0) is 28.9. The third-order valence-electron chi connectivity index (χ3n) is 7.58. The summed E-state index contributed by atoms with van der Waals surface area (Å²) in [6, 6.07) is 18.4. The Kier molecular flexibility index (Phi) is 6.54. The molecule has 1 fully saturated rings. The van der Waals surface area contributed by atoms with E-state index in [2.05, 4.69) is 96.0 Å². The van der Waals surface area contributed by atoms with Crippen LogP contribution in [0.1, 0.15) is 49.0 Å². The molecule has 40 heavy (non-hydrogen) atoms. The summed E-state index contributed by atoms with van der Waals surface area (Å²) in [5, 5.41) is 0. The Bertz CT molecular complexity index is 1630. The maximum Gasteiger partial charge on any atom is 0.197 e. The number of aliphatic imine (C=N–C) groups is 1. The second-order valence-electron chi connectivity index (χ2n) is 10.8. The van der Waals surface area contributed by atoms with Gasteiger partial charge in [-0.1, -0.05) is 61.2 Å². The van der Waals surface area contributed by atoms with Crippen molar-refractivity contribution in [2.45, 2.75) is 40.0 Å². The lowest BCUT2D eigenvalue weighted by Gasteiger charge is -2.27. The Morgan fingerprint density at radius 2 is 1.38 bits per heavy atom. The molecule has 1 heterocycles. The van der Waals surface area contributed by atoms with Crippen molar-refractivity contribution in [3.05, 3.63) is 131 Å². The monoisotopic (exact) mass is 528 g/mol. The zero-order valence-electron chi connectivity index (χ0n) is 23.6. The van der Waals surface area contributed by atoms with Crippen LogP contribution in [0.25, 0.3) is 11.6 Å². The van der Waals surface area contributed by atoms with Crippen LogP contribution in [0.2, 0.25) is 0 Å². The number of anilines is 2. The van der Waals surface area contributed by atoms with Gasteiger partial charge >= 0.3 is 0 Å². The van der Waals surface area contributed by atoms with E-state index in [-0.39, 0.29) is 16.7 Å². The molecule has 3 aromatic rings. The van der Waals surface area contributed by atoms with Crippen LogP contribution in [0.5, 0.6) is 0 Å². The number of ketones is 2. The molecule has 2 aromatic carbocycles. The minimum absolute atomic E-state index is 0.0244. The summed E-state index contributed by atoms with van der Waals surface area (Å²) in [6.07, 6.45) is 3.46. The third-order valence-corrected chi connectivity index (χ3v) is 7.58. The third kappa shape index (κ3) is 4.34. The molecule has 2 aliphatic carbocycles. The number of carbonyl (C=O) groups is 2. The number of carbonyl (C=O) groups excluding carboxylic acids is 2. The predicted molar refractivity (Wildman–Crippen MR) is 163 cm³/mol. The lowest BCUT2D eigenvalue weighted by molar-refractivity contribution is -0.115. The van der Waals surface area contributed by atoms with E-state index in [4.69, 9.17) is 9.41 Å². The Hall–Kier alpha value is -4.77. The number of rotatable bonds is 5. The first-order valence-electron chi connectivity index (χ1n) is 13.2. The fourth-order valence-corrected chi connectivity index (χ4v) is 5.17. The average Bonchev–Trinajstić information content (AvgIpc) is 3.49. The summed E-state index contributed by atoms with van der Waals surface area (Å²) in [7, 11) is 0. The smallest absolute Gasteiger partial charge is 0.197 e. The Morgan fingerprint density at radius 3 is 1.85 bits per heavy atom. The van der Waals surface area contributed by atoms with Gasteiger partial charge in [-0.2, -0.15) is 0 Å². The first kappa shape index (κ1) is 26.8. The summed E-state index contributed by atoms with van der Waals surface area (Å²) in [5.74, 6) is 0.835. The highest BCUT2D eigenvalue weighted by molar-refractivity contribution is 6.43. The topological polar surface area (TPSA) is 62.9 Å². The Balaban J connectivity index is 1.56. The number of aryl methyl sites for hydroxylation is 2. The number of hydrogen-bond donors (Lipinski definition) is 0. The van der Waals surface area contributed by atoms with Crippen LogP contribution in [0.15, 0.2) is 112 Å². The number of Topliss-reactive ketones (excluding diaryl/α,β-unsaturated/α-hetero) is 2. The second kappa shape index (κ2) is 9.76. The summed E-state index contributed by atoms with van der Waals surface area (Å²) in [6.45, 7) is 22.0. The lowest BCUT2D eigenvalue weighted by atomic mass is 9.85. The van der Waals surface area contributed by atoms with Crippen LogP contribution in [0.4, 0.5) is 11.4 Å². The number of furan rings is 1. The number of allylic oxidation sites excluding steroid dienone is 5. The van der Waals surface area contributed by atoms with Gasteiger partial charge in [0.1, 0.15) is 17.3 Å². The number of hydrogen-bond acceptors (Lipinski definition) is 5. The van der Waals surface area contributed by atoms with E-state index < -0.39 is 17.0 Å². The molecule has 0 unspecified atom stereocenters. The van der Waals surface area contributed by atoms with Crippen LogP contribution in [0.3, 0.4) is 0 Å². The maximum absolute atomic E-state index is 12.5. The molecule has 0 atom stereocenters. The molecule has 1 aromatic heterocycles. The van der Waals surface area contributed by atoms with Gasteiger partial charge in [-0.25, -0.2) is 4.99 Å². The molecule has 200 valence electrons. The minimum Gasteiger partial charge on any atom is -0.456 e. The van der Waals surface area contributed by atoms with Gasteiger partial charge in [0.25, 0.3) is 0 Å². The molecule has 0 bridgehead atoms. The SMILES string of the molecule is C=C1C(=C)C(=O)C(=Cc2cc3c(o2)/C(=C/C)C(=NC(=C)N(c2ccc(C)cc2)c2ccc(C)cc2)C3(C)C)C1=O. The largest absolute Gasteiger partial charge is 0.456 e. The van der Waals surface area contributed by atoms with E-state index in [9.17, 15) is 9.59 Å². The molecular formula is C35H32N2O3. The number of fused-ring (bicyclic) bond motifs is 1. The first-order valence-corrected chi connectivity index (χ1v) is 13.2. The Labute approximate surface area is 235 Å².